The van der Waals surface area contributed by atoms with Crippen molar-refractivity contribution in [3.8, 4) is 0 Å². The molecule has 1 saturated heterocycles. The zero-order valence-corrected chi connectivity index (χ0v) is 12.3. The van der Waals surface area contributed by atoms with Crippen LogP contribution in [-0.2, 0) is 16.4 Å². The molecule has 6 heteroatoms. The summed E-state index contributed by atoms with van der Waals surface area (Å²) in [7, 11) is -3.34. The molecule has 0 aliphatic carbocycles. The van der Waals surface area contributed by atoms with Crippen LogP contribution in [0.2, 0.25) is 0 Å². The Bertz CT molecular complexity index is 580. The minimum Gasteiger partial charge on any atom is -0.384 e. The number of anilines is 1. The minimum absolute atomic E-state index is 0.387. The zero-order chi connectivity index (χ0) is 12.8. The topological polar surface area (TPSA) is 49.4 Å². The van der Waals surface area contributed by atoms with Crippen molar-refractivity contribution in [2.24, 2.45) is 0 Å². The molecular weight excluding hydrogens is 316 g/mol. The Morgan fingerprint density at radius 2 is 1.94 bits per heavy atom. The zero-order valence-electron chi connectivity index (χ0n) is 9.95. The molecule has 0 atom stereocenters. The molecule has 2 aliphatic rings. The van der Waals surface area contributed by atoms with Crippen LogP contribution < -0.4 is 5.32 Å². The van der Waals surface area contributed by atoms with Crippen molar-refractivity contribution in [3.05, 3.63) is 22.2 Å². The smallest absolute Gasteiger partial charge is 0.244 e. The van der Waals surface area contributed by atoms with E-state index in [1.807, 2.05) is 6.07 Å². The van der Waals surface area contributed by atoms with Crippen molar-refractivity contribution in [2.75, 3.05) is 25.0 Å². The van der Waals surface area contributed by atoms with Crippen LogP contribution in [-0.4, -0.2) is 32.4 Å². The Hall–Kier alpha value is -0.590. The maximum absolute atomic E-state index is 12.5. The van der Waals surface area contributed by atoms with Gasteiger partial charge in [0.05, 0.1) is 4.90 Å². The van der Waals surface area contributed by atoms with Crippen molar-refractivity contribution in [3.63, 3.8) is 0 Å². The lowest BCUT2D eigenvalue weighted by Crippen LogP contribution is -2.28. The summed E-state index contributed by atoms with van der Waals surface area (Å²) in [4.78, 5) is 0.387. The highest BCUT2D eigenvalue weighted by Gasteiger charge is 2.30. The van der Waals surface area contributed by atoms with Gasteiger partial charge in [-0.3, -0.25) is 0 Å². The highest BCUT2D eigenvalue weighted by Crippen LogP contribution is 2.34. The van der Waals surface area contributed by atoms with Crippen LogP contribution in [0.1, 0.15) is 18.4 Å². The molecule has 2 aliphatic heterocycles. The van der Waals surface area contributed by atoms with E-state index in [2.05, 4.69) is 21.2 Å². The predicted molar refractivity (Wildman–Crippen MR) is 74.3 cm³/mol. The van der Waals surface area contributed by atoms with E-state index in [-0.39, 0.29) is 0 Å². The molecule has 0 unspecified atom stereocenters. The Morgan fingerprint density at radius 3 is 2.67 bits per heavy atom. The van der Waals surface area contributed by atoms with E-state index in [4.69, 9.17) is 0 Å². The van der Waals surface area contributed by atoms with Crippen molar-refractivity contribution in [1.82, 2.24) is 4.31 Å². The van der Waals surface area contributed by atoms with Gasteiger partial charge >= 0.3 is 0 Å². The third-order valence-corrected chi connectivity index (χ3v) is 6.41. The maximum Gasteiger partial charge on any atom is 0.244 e. The first kappa shape index (κ1) is 12.4. The van der Waals surface area contributed by atoms with Gasteiger partial charge < -0.3 is 5.32 Å². The largest absolute Gasteiger partial charge is 0.384 e. The Balaban J connectivity index is 2.06. The van der Waals surface area contributed by atoms with Crippen LogP contribution in [0.15, 0.2) is 21.5 Å². The molecule has 0 bridgehead atoms. The van der Waals surface area contributed by atoms with Crippen LogP contribution >= 0.6 is 15.9 Å². The fraction of sp³-hybridized carbons (Fsp3) is 0.500. The van der Waals surface area contributed by atoms with Gasteiger partial charge in [-0.05, 0) is 52.9 Å². The predicted octanol–water partition coefficient (Wildman–Crippen LogP) is 2.20. The summed E-state index contributed by atoms with van der Waals surface area (Å²) in [6.07, 6.45) is 2.87. The van der Waals surface area contributed by atoms with Gasteiger partial charge in [0.1, 0.15) is 0 Å². The van der Waals surface area contributed by atoms with Gasteiger partial charge in [0.15, 0.2) is 0 Å². The van der Waals surface area contributed by atoms with Crippen LogP contribution in [0, 0.1) is 0 Å². The maximum atomic E-state index is 12.5. The molecule has 18 heavy (non-hydrogen) atoms. The van der Waals surface area contributed by atoms with E-state index in [1.165, 1.54) is 5.56 Å². The minimum atomic E-state index is -3.34. The van der Waals surface area contributed by atoms with Crippen LogP contribution in [0.3, 0.4) is 0 Å². The second kappa shape index (κ2) is 4.51. The molecule has 1 N–H and O–H groups in total. The fourth-order valence-corrected chi connectivity index (χ4v) is 5.16. The number of nitrogens with one attached hydrogen (secondary N) is 1. The normalized spacial score (nSPS) is 19.8. The summed E-state index contributed by atoms with van der Waals surface area (Å²) in [5.41, 5.74) is 2.14. The molecule has 98 valence electrons. The molecule has 2 heterocycles. The number of hydrogen-bond donors (Lipinski definition) is 1. The SMILES string of the molecule is O=S(=O)(c1cc2c(cc1Br)CCN2)N1CCCC1. The molecule has 0 radical (unpaired) electrons. The average molecular weight is 331 g/mol. The van der Waals surface area contributed by atoms with Crippen molar-refractivity contribution < 1.29 is 8.42 Å². The summed E-state index contributed by atoms with van der Waals surface area (Å²) in [5.74, 6) is 0. The Morgan fingerprint density at radius 1 is 1.22 bits per heavy atom. The van der Waals surface area contributed by atoms with Gasteiger partial charge in [0, 0.05) is 29.8 Å². The summed E-state index contributed by atoms with van der Waals surface area (Å²) < 4.78 is 27.3. The van der Waals surface area contributed by atoms with E-state index in [0.29, 0.717) is 22.5 Å². The standard InChI is InChI=1S/C12H15BrN2O2S/c13-10-7-9-3-4-14-11(9)8-12(10)18(16,17)15-5-1-2-6-15/h7-8,14H,1-6H2. The summed E-state index contributed by atoms with van der Waals surface area (Å²) in [6.45, 7) is 2.16. The lowest BCUT2D eigenvalue weighted by Gasteiger charge is -2.17. The average Bonchev–Trinajstić information content (AvgIpc) is 2.98. The second-order valence-electron chi connectivity index (χ2n) is 4.73. The van der Waals surface area contributed by atoms with Crippen molar-refractivity contribution >= 4 is 31.6 Å². The first-order valence-electron chi connectivity index (χ1n) is 6.15. The number of fused-ring (bicyclic) bond motifs is 1. The number of benzene rings is 1. The van der Waals surface area contributed by atoms with Gasteiger partial charge in [0.25, 0.3) is 0 Å². The first-order chi connectivity index (χ1) is 8.59. The summed E-state index contributed by atoms with van der Waals surface area (Å²) in [5, 5.41) is 3.23. The molecule has 1 aromatic rings. The lowest BCUT2D eigenvalue weighted by atomic mass is 10.2. The number of halogens is 1. The van der Waals surface area contributed by atoms with Crippen molar-refractivity contribution in [1.29, 1.82) is 0 Å². The van der Waals surface area contributed by atoms with E-state index >= 15 is 0 Å². The first-order valence-corrected chi connectivity index (χ1v) is 8.39. The summed E-state index contributed by atoms with van der Waals surface area (Å²) >= 11 is 3.40. The molecule has 0 saturated carbocycles. The number of nitrogens with zero attached hydrogens (tertiary/aromatic N) is 1. The van der Waals surface area contributed by atoms with Gasteiger partial charge in [-0.25, -0.2) is 8.42 Å². The molecule has 0 amide bonds. The Kier molecular flexibility index (Phi) is 3.11. The fourth-order valence-electron chi connectivity index (χ4n) is 2.56. The van der Waals surface area contributed by atoms with Crippen LogP contribution in [0.4, 0.5) is 5.69 Å². The quantitative estimate of drug-likeness (QED) is 0.904. The second-order valence-corrected chi connectivity index (χ2v) is 7.49. The lowest BCUT2D eigenvalue weighted by molar-refractivity contribution is 0.477. The van der Waals surface area contributed by atoms with E-state index < -0.39 is 10.0 Å². The van der Waals surface area contributed by atoms with E-state index in [1.54, 1.807) is 10.4 Å². The highest BCUT2D eigenvalue weighted by molar-refractivity contribution is 9.10. The van der Waals surface area contributed by atoms with Crippen LogP contribution in [0.25, 0.3) is 0 Å². The molecule has 3 rings (SSSR count). The third-order valence-electron chi connectivity index (χ3n) is 3.55. The molecule has 0 spiro atoms. The van der Waals surface area contributed by atoms with Crippen molar-refractivity contribution in [2.45, 2.75) is 24.2 Å². The van der Waals surface area contributed by atoms with Gasteiger partial charge in [0.2, 0.25) is 10.0 Å². The van der Waals surface area contributed by atoms with E-state index in [9.17, 15) is 8.42 Å². The monoisotopic (exact) mass is 330 g/mol. The van der Waals surface area contributed by atoms with Gasteiger partial charge in [-0.2, -0.15) is 4.31 Å². The number of rotatable bonds is 2. The third kappa shape index (κ3) is 1.96. The Labute approximate surface area is 116 Å². The molecule has 4 nitrogen and oxygen atoms in total. The summed E-state index contributed by atoms with van der Waals surface area (Å²) in [6, 6.07) is 3.69. The van der Waals surface area contributed by atoms with Gasteiger partial charge in [-0.15, -0.1) is 0 Å². The molecule has 1 aromatic carbocycles. The number of sulfonamides is 1. The molecular formula is C12H15BrN2O2S. The molecule has 1 fully saturated rings. The van der Waals surface area contributed by atoms with Gasteiger partial charge in [-0.1, -0.05) is 0 Å². The highest BCUT2D eigenvalue weighted by atomic mass is 79.9. The number of hydrogen-bond acceptors (Lipinski definition) is 3. The molecule has 0 aromatic heterocycles. The van der Waals surface area contributed by atoms with Crippen LogP contribution in [0.5, 0.6) is 0 Å². The van der Waals surface area contributed by atoms with E-state index in [0.717, 1.165) is 31.5 Å².